The summed E-state index contributed by atoms with van der Waals surface area (Å²) in [6.07, 6.45) is 0. The molecule has 0 aromatic heterocycles. The molecule has 0 aliphatic heterocycles. The van der Waals surface area contributed by atoms with Crippen LogP contribution in [0.1, 0.15) is 13.8 Å². The first-order valence-electron chi connectivity index (χ1n) is 3.61. The number of hydroxylamine groups is 1. The van der Waals surface area contributed by atoms with Crippen molar-refractivity contribution < 1.29 is 9.57 Å². The van der Waals surface area contributed by atoms with Crippen LogP contribution in [0.2, 0.25) is 0 Å². The molecule has 1 N–H and O–H groups in total. The average molecular weight is 147 g/mol. The average Bonchev–Trinajstić information content (AvgIpc) is 1.87. The van der Waals surface area contributed by atoms with Crippen molar-refractivity contribution in [1.29, 1.82) is 0 Å². The Hall–Kier alpha value is -0.120. The van der Waals surface area contributed by atoms with E-state index in [0.717, 1.165) is 6.54 Å². The van der Waals surface area contributed by atoms with Crippen LogP contribution in [0, 0.1) is 5.92 Å². The van der Waals surface area contributed by atoms with E-state index < -0.39 is 0 Å². The Morgan fingerprint density at radius 1 is 1.30 bits per heavy atom. The lowest BCUT2D eigenvalue weighted by atomic mass is 10.2. The molecular formula is C7H17NO2. The van der Waals surface area contributed by atoms with Gasteiger partial charge in [-0.05, 0) is 5.92 Å². The monoisotopic (exact) mass is 147 g/mol. The van der Waals surface area contributed by atoms with Crippen molar-refractivity contribution in [2.45, 2.75) is 13.8 Å². The van der Waals surface area contributed by atoms with Crippen molar-refractivity contribution in [3.05, 3.63) is 0 Å². The van der Waals surface area contributed by atoms with Gasteiger partial charge in [-0.1, -0.05) is 13.8 Å². The quantitative estimate of drug-likeness (QED) is 0.445. The highest BCUT2D eigenvalue weighted by Gasteiger charge is 1.91. The number of methoxy groups -OCH3 is 1. The van der Waals surface area contributed by atoms with Gasteiger partial charge in [0.05, 0.1) is 13.2 Å². The molecule has 0 saturated heterocycles. The van der Waals surface area contributed by atoms with Gasteiger partial charge in [-0.15, -0.1) is 0 Å². The number of hydrogen-bond acceptors (Lipinski definition) is 3. The molecule has 3 nitrogen and oxygen atoms in total. The summed E-state index contributed by atoms with van der Waals surface area (Å²) < 4.78 is 4.78. The third-order valence-electron chi connectivity index (χ3n) is 0.983. The van der Waals surface area contributed by atoms with E-state index in [-0.39, 0.29) is 0 Å². The molecule has 0 aromatic carbocycles. The van der Waals surface area contributed by atoms with E-state index >= 15 is 0 Å². The molecule has 3 heteroatoms. The lowest BCUT2D eigenvalue weighted by Crippen LogP contribution is -2.21. The topological polar surface area (TPSA) is 30.5 Å². The summed E-state index contributed by atoms with van der Waals surface area (Å²) in [5.41, 5.74) is 2.84. The van der Waals surface area contributed by atoms with E-state index in [9.17, 15) is 0 Å². The van der Waals surface area contributed by atoms with Crippen LogP contribution in [-0.4, -0.2) is 26.9 Å². The van der Waals surface area contributed by atoms with Gasteiger partial charge in [-0.3, -0.25) is 4.84 Å². The molecule has 0 aliphatic carbocycles. The molecule has 0 rings (SSSR count). The molecule has 0 spiro atoms. The van der Waals surface area contributed by atoms with Gasteiger partial charge in [-0.2, -0.15) is 0 Å². The number of hydrogen-bond donors (Lipinski definition) is 1. The van der Waals surface area contributed by atoms with E-state index in [2.05, 4.69) is 19.3 Å². The normalized spacial score (nSPS) is 10.8. The fourth-order valence-corrected chi connectivity index (χ4v) is 0.423. The number of nitrogens with one attached hydrogen (secondary N) is 1. The maximum atomic E-state index is 5.01. The Bertz CT molecular complexity index is 66.6. The van der Waals surface area contributed by atoms with Crippen molar-refractivity contribution in [3.8, 4) is 0 Å². The van der Waals surface area contributed by atoms with E-state index in [1.54, 1.807) is 7.11 Å². The van der Waals surface area contributed by atoms with Crippen LogP contribution in [0.4, 0.5) is 0 Å². The van der Waals surface area contributed by atoms with Crippen LogP contribution in [0.5, 0.6) is 0 Å². The highest BCUT2D eigenvalue weighted by atomic mass is 16.7. The summed E-state index contributed by atoms with van der Waals surface area (Å²) >= 11 is 0. The predicted molar refractivity (Wildman–Crippen MR) is 40.7 cm³/mol. The lowest BCUT2D eigenvalue weighted by molar-refractivity contribution is 0.00266. The number of ether oxygens (including phenoxy) is 1. The molecule has 0 heterocycles. The second kappa shape index (κ2) is 6.99. The molecule has 0 unspecified atom stereocenters. The van der Waals surface area contributed by atoms with Gasteiger partial charge in [0, 0.05) is 13.7 Å². The van der Waals surface area contributed by atoms with E-state index in [1.165, 1.54) is 0 Å². The fourth-order valence-electron chi connectivity index (χ4n) is 0.423. The maximum Gasteiger partial charge on any atom is 0.0915 e. The van der Waals surface area contributed by atoms with E-state index in [0.29, 0.717) is 19.1 Å². The smallest absolute Gasteiger partial charge is 0.0915 e. The maximum absolute atomic E-state index is 5.01. The minimum Gasteiger partial charge on any atom is -0.382 e. The molecule has 0 aromatic rings. The molecule has 62 valence electrons. The van der Waals surface area contributed by atoms with Gasteiger partial charge in [0.2, 0.25) is 0 Å². The zero-order valence-corrected chi connectivity index (χ0v) is 7.02. The third kappa shape index (κ3) is 7.88. The van der Waals surface area contributed by atoms with Gasteiger partial charge in [0.1, 0.15) is 0 Å². The van der Waals surface area contributed by atoms with Gasteiger partial charge in [-0.25, -0.2) is 5.48 Å². The SMILES string of the molecule is COCCONCC(C)C. The standard InChI is InChI=1S/C7H17NO2/c1-7(2)6-8-10-5-4-9-3/h7-8H,4-6H2,1-3H3. The minimum atomic E-state index is 0.614. The minimum absolute atomic E-state index is 0.614. The first-order chi connectivity index (χ1) is 4.77. The summed E-state index contributed by atoms with van der Waals surface area (Å²) in [6.45, 7) is 6.41. The van der Waals surface area contributed by atoms with Crippen LogP contribution < -0.4 is 5.48 Å². The van der Waals surface area contributed by atoms with Crippen LogP contribution >= 0.6 is 0 Å². The Morgan fingerprint density at radius 3 is 2.50 bits per heavy atom. The van der Waals surface area contributed by atoms with Gasteiger partial charge in [0.15, 0.2) is 0 Å². The van der Waals surface area contributed by atoms with Crippen LogP contribution in [0.25, 0.3) is 0 Å². The van der Waals surface area contributed by atoms with Crippen molar-refractivity contribution >= 4 is 0 Å². The second-order valence-electron chi connectivity index (χ2n) is 2.58. The summed E-state index contributed by atoms with van der Waals surface area (Å²) in [4.78, 5) is 5.01. The summed E-state index contributed by atoms with van der Waals surface area (Å²) in [5.74, 6) is 0.627. The Labute approximate surface area is 62.7 Å². The van der Waals surface area contributed by atoms with Crippen molar-refractivity contribution in [2.75, 3.05) is 26.9 Å². The van der Waals surface area contributed by atoms with Crippen LogP contribution in [0.3, 0.4) is 0 Å². The first kappa shape index (κ1) is 9.88. The third-order valence-corrected chi connectivity index (χ3v) is 0.983. The van der Waals surface area contributed by atoms with Gasteiger partial charge in [0.25, 0.3) is 0 Å². The van der Waals surface area contributed by atoms with Crippen LogP contribution in [0.15, 0.2) is 0 Å². The largest absolute Gasteiger partial charge is 0.382 e. The molecule has 0 bridgehead atoms. The Morgan fingerprint density at radius 2 is 2.00 bits per heavy atom. The highest BCUT2D eigenvalue weighted by molar-refractivity contribution is 4.41. The van der Waals surface area contributed by atoms with E-state index in [1.807, 2.05) is 0 Å². The van der Waals surface area contributed by atoms with Gasteiger partial charge >= 0.3 is 0 Å². The molecule has 0 radical (unpaired) electrons. The van der Waals surface area contributed by atoms with Crippen molar-refractivity contribution in [2.24, 2.45) is 5.92 Å². The second-order valence-corrected chi connectivity index (χ2v) is 2.58. The molecule has 0 amide bonds. The summed E-state index contributed by atoms with van der Waals surface area (Å²) in [5, 5.41) is 0. The van der Waals surface area contributed by atoms with E-state index in [4.69, 9.17) is 9.57 Å². The first-order valence-corrected chi connectivity index (χ1v) is 3.61. The van der Waals surface area contributed by atoms with Crippen molar-refractivity contribution in [3.63, 3.8) is 0 Å². The molecule has 0 atom stereocenters. The number of rotatable bonds is 6. The predicted octanol–water partition coefficient (Wildman–Crippen LogP) is 0.810. The Kier molecular flexibility index (Phi) is 6.91. The zero-order chi connectivity index (χ0) is 7.82. The lowest BCUT2D eigenvalue weighted by Gasteiger charge is -2.06. The van der Waals surface area contributed by atoms with Crippen molar-refractivity contribution in [1.82, 2.24) is 5.48 Å². The molecule has 0 saturated carbocycles. The molecule has 0 aliphatic rings. The Balaban J connectivity index is 2.77. The summed E-state index contributed by atoms with van der Waals surface area (Å²) in [7, 11) is 1.66. The zero-order valence-electron chi connectivity index (χ0n) is 7.02. The molecular weight excluding hydrogens is 130 g/mol. The highest BCUT2D eigenvalue weighted by Crippen LogP contribution is 1.86. The molecule has 0 fully saturated rings. The van der Waals surface area contributed by atoms with Crippen LogP contribution in [-0.2, 0) is 9.57 Å². The summed E-state index contributed by atoms with van der Waals surface area (Å²) in [6, 6.07) is 0. The fraction of sp³-hybridized carbons (Fsp3) is 1.00. The molecule has 10 heavy (non-hydrogen) atoms. The van der Waals surface area contributed by atoms with Gasteiger partial charge < -0.3 is 4.74 Å².